The summed E-state index contributed by atoms with van der Waals surface area (Å²) in [4.78, 5) is 12.0. The maximum atomic E-state index is 12.0. The van der Waals surface area contributed by atoms with Crippen molar-refractivity contribution in [3.8, 4) is 22.6 Å². The minimum Gasteiger partial charge on any atom is -0.508 e. The molecule has 1 aromatic heterocycles. The van der Waals surface area contributed by atoms with Crippen LogP contribution in [-0.4, -0.2) is 52.0 Å². The second-order valence-electron chi connectivity index (χ2n) is 11.5. The van der Waals surface area contributed by atoms with Gasteiger partial charge in [-0.3, -0.25) is 4.79 Å². The molecule has 4 atom stereocenters. The van der Waals surface area contributed by atoms with Crippen LogP contribution in [0.15, 0.2) is 102 Å². The van der Waals surface area contributed by atoms with Crippen molar-refractivity contribution < 1.29 is 24.5 Å². The van der Waals surface area contributed by atoms with Crippen molar-refractivity contribution in [1.29, 1.82) is 0 Å². The summed E-state index contributed by atoms with van der Waals surface area (Å²) in [6.45, 7) is 2.27. The number of aliphatic hydroxyl groups is 1. The molecule has 2 heterocycles. The number of aliphatic hydroxyl groups excluding tert-OH is 1. The molecule has 0 radical (unpaired) electrons. The Morgan fingerprint density at radius 1 is 0.918 bits per heavy atom. The van der Waals surface area contributed by atoms with Gasteiger partial charge in [0, 0.05) is 23.8 Å². The van der Waals surface area contributed by atoms with E-state index < -0.39 is 16.0 Å². The molecule has 10 nitrogen and oxygen atoms in total. The number of hydrogen-bond donors (Lipinski definition) is 3. The molecule has 1 saturated heterocycles. The first-order valence-electron chi connectivity index (χ1n) is 15.3. The summed E-state index contributed by atoms with van der Waals surface area (Å²) in [7, 11) is 0. The molecule has 1 aliphatic heterocycles. The van der Waals surface area contributed by atoms with Crippen molar-refractivity contribution in [1.82, 2.24) is 25.5 Å². The Morgan fingerprint density at radius 2 is 1.63 bits per heavy atom. The van der Waals surface area contributed by atoms with Crippen LogP contribution in [0.1, 0.15) is 41.6 Å². The molecule has 3 N–H and O–H groups in total. The number of aromatic nitrogens is 4. The SMILES string of the molecule is C[C@@H]1[C@H](CSc2nnnn2-c2ccc(O)cc2)O[C@H](c2ccc(-c3cccc(CNC(=O)C(Cl)(Cl)Cl)c3)cc2)O[C@@H]1c1ccc(CO)cc1. The van der Waals surface area contributed by atoms with Crippen LogP contribution in [0.2, 0.25) is 0 Å². The third-order valence-corrected chi connectivity index (χ3v) is 9.71. The summed E-state index contributed by atoms with van der Waals surface area (Å²) in [5, 5.41) is 34.7. The minimum absolute atomic E-state index is 0.0363. The van der Waals surface area contributed by atoms with Crippen LogP contribution in [0, 0.1) is 5.92 Å². The van der Waals surface area contributed by atoms with E-state index in [-0.39, 0.29) is 37.0 Å². The number of carbonyl (C=O) groups is 1. The zero-order chi connectivity index (χ0) is 34.5. The summed E-state index contributed by atoms with van der Waals surface area (Å²) in [6, 6.07) is 30.1. The number of benzene rings is 4. The number of nitrogens with one attached hydrogen (secondary N) is 1. The highest BCUT2D eigenvalue weighted by Crippen LogP contribution is 2.43. The smallest absolute Gasteiger partial charge is 0.272 e. The maximum Gasteiger partial charge on any atom is 0.272 e. The Bertz CT molecular complexity index is 1870. The lowest BCUT2D eigenvalue weighted by molar-refractivity contribution is -0.268. The van der Waals surface area contributed by atoms with Crippen molar-refractivity contribution in [2.45, 2.75) is 47.5 Å². The molecular formula is C35H32Cl3N5O5S. The van der Waals surface area contributed by atoms with E-state index in [0.717, 1.165) is 39.1 Å². The second-order valence-corrected chi connectivity index (χ2v) is 14.8. The van der Waals surface area contributed by atoms with Crippen molar-refractivity contribution in [2.75, 3.05) is 5.75 Å². The van der Waals surface area contributed by atoms with Gasteiger partial charge >= 0.3 is 0 Å². The fourth-order valence-corrected chi connectivity index (χ4v) is 6.72. The van der Waals surface area contributed by atoms with Gasteiger partial charge in [-0.1, -0.05) is 120 Å². The molecular weight excluding hydrogens is 709 g/mol. The average Bonchev–Trinajstić information content (AvgIpc) is 3.59. The van der Waals surface area contributed by atoms with Gasteiger partial charge in [-0.05, 0) is 68.6 Å². The third kappa shape index (κ3) is 8.56. The topological polar surface area (TPSA) is 132 Å². The lowest BCUT2D eigenvalue weighted by atomic mass is 9.91. The van der Waals surface area contributed by atoms with E-state index in [4.69, 9.17) is 44.3 Å². The number of phenols is 1. The number of alkyl halides is 3. The number of carbonyl (C=O) groups excluding carboxylic acids is 1. The third-order valence-electron chi connectivity index (χ3n) is 8.19. The fourth-order valence-electron chi connectivity index (χ4n) is 5.47. The van der Waals surface area contributed by atoms with Crippen LogP contribution in [0.5, 0.6) is 5.75 Å². The van der Waals surface area contributed by atoms with Gasteiger partial charge in [0.15, 0.2) is 6.29 Å². The van der Waals surface area contributed by atoms with Gasteiger partial charge in [-0.15, -0.1) is 5.10 Å². The van der Waals surface area contributed by atoms with E-state index in [1.54, 1.807) is 28.9 Å². The van der Waals surface area contributed by atoms with Crippen LogP contribution in [0.25, 0.3) is 16.8 Å². The van der Waals surface area contributed by atoms with E-state index in [9.17, 15) is 15.0 Å². The first-order chi connectivity index (χ1) is 23.6. The lowest BCUT2D eigenvalue weighted by Crippen LogP contribution is -2.38. The van der Waals surface area contributed by atoms with Gasteiger partial charge in [-0.25, -0.2) is 0 Å². The predicted molar refractivity (Wildman–Crippen MR) is 189 cm³/mol. The second kappa shape index (κ2) is 15.5. The van der Waals surface area contributed by atoms with E-state index in [1.165, 1.54) is 11.8 Å². The fraction of sp³-hybridized carbons (Fsp3) is 0.257. The van der Waals surface area contributed by atoms with Gasteiger partial charge in [-0.2, -0.15) is 4.68 Å². The minimum atomic E-state index is -2.03. The van der Waals surface area contributed by atoms with Gasteiger partial charge in [0.2, 0.25) is 5.16 Å². The van der Waals surface area contributed by atoms with E-state index in [0.29, 0.717) is 10.9 Å². The Kier molecular flexibility index (Phi) is 11.1. The van der Waals surface area contributed by atoms with Crippen molar-refractivity contribution >= 4 is 52.5 Å². The highest BCUT2D eigenvalue weighted by molar-refractivity contribution is 7.99. The number of aromatic hydroxyl groups is 1. The number of ether oxygens (including phenoxy) is 2. The monoisotopic (exact) mass is 739 g/mol. The highest BCUT2D eigenvalue weighted by Gasteiger charge is 2.38. The van der Waals surface area contributed by atoms with Crippen molar-refractivity contribution in [3.05, 3.63) is 119 Å². The Labute approximate surface area is 302 Å². The molecule has 0 saturated carbocycles. The zero-order valence-corrected chi connectivity index (χ0v) is 29.2. The van der Waals surface area contributed by atoms with Gasteiger partial charge in [0.25, 0.3) is 9.70 Å². The zero-order valence-electron chi connectivity index (χ0n) is 26.1. The summed E-state index contributed by atoms with van der Waals surface area (Å²) in [5.41, 5.74) is 6.15. The number of phenolic OH excluding ortho intramolecular Hbond substituents is 1. The van der Waals surface area contributed by atoms with Crippen LogP contribution in [0.3, 0.4) is 0 Å². The molecule has 1 fully saturated rings. The van der Waals surface area contributed by atoms with E-state index in [2.05, 4.69) is 27.8 Å². The summed E-state index contributed by atoms with van der Waals surface area (Å²) < 4.78 is 12.8. The first-order valence-corrected chi connectivity index (χ1v) is 17.5. The number of hydrogen-bond acceptors (Lipinski definition) is 9. The summed E-state index contributed by atoms with van der Waals surface area (Å²) in [5.74, 6) is -0.0235. The molecule has 0 bridgehead atoms. The van der Waals surface area contributed by atoms with E-state index in [1.807, 2.05) is 72.8 Å². The number of rotatable bonds is 10. The largest absolute Gasteiger partial charge is 0.508 e. The van der Waals surface area contributed by atoms with Crippen LogP contribution < -0.4 is 5.32 Å². The Balaban J connectivity index is 1.21. The number of tetrazole rings is 1. The maximum absolute atomic E-state index is 12.0. The summed E-state index contributed by atoms with van der Waals surface area (Å²) >= 11 is 18.5. The molecule has 1 amide bonds. The Hall–Kier alpha value is -3.68. The number of amides is 1. The van der Waals surface area contributed by atoms with Gasteiger partial charge in [0.05, 0.1) is 24.5 Å². The molecule has 0 aliphatic carbocycles. The molecule has 49 heavy (non-hydrogen) atoms. The van der Waals surface area contributed by atoms with Gasteiger partial charge < -0.3 is 25.0 Å². The highest BCUT2D eigenvalue weighted by atomic mass is 35.6. The first kappa shape index (κ1) is 35.2. The number of thioether (sulfide) groups is 1. The summed E-state index contributed by atoms with van der Waals surface area (Å²) in [6.07, 6.45) is -1.19. The molecule has 0 spiro atoms. The standard InChI is InChI=1S/C35H32Cl3N5O5S/c1-21-30(20-49-34-40-41-42-43(34)28-13-15-29(45)16-14-28)47-32(48-31(21)25-7-5-22(19-44)6-8-25)26-11-9-24(10-12-26)27-4-2-3-23(17-27)18-39-33(46)35(36,37)38/h2-17,21,30-32,44-45H,18-20H2,1H3,(H,39,46)/t21-,30+,31+,32+/m1/s1. The molecule has 6 rings (SSSR count). The van der Waals surface area contributed by atoms with Gasteiger partial charge in [0.1, 0.15) is 5.75 Å². The molecule has 254 valence electrons. The number of nitrogens with zero attached hydrogens (tertiary/aromatic N) is 4. The molecule has 0 unspecified atom stereocenters. The predicted octanol–water partition coefficient (Wildman–Crippen LogP) is 7.10. The quantitative estimate of drug-likeness (QED) is 0.101. The van der Waals surface area contributed by atoms with Crippen molar-refractivity contribution in [3.63, 3.8) is 0 Å². The molecule has 4 aromatic carbocycles. The van der Waals surface area contributed by atoms with Crippen molar-refractivity contribution in [2.24, 2.45) is 5.92 Å². The van der Waals surface area contributed by atoms with Crippen LogP contribution in [-0.2, 0) is 27.4 Å². The van der Waals surface area contributed by atoms with Crippen LogP contribution in [0.4, 0.5) is 0 Å². The van der Waals surface area contributed by atoms with Crippen LogP contribution >= 0.6 is 46.6 Å². The normalized spacial score (nSPS) is 19.4. The number of halogens is 3. The molecule has 1 aliphatic rings. The average molecular weight is 741 g/mol. The molecule has 14 heteroatoms. The lowest BCUT2D eigenvalue weighted by Gasteiger charge is -2.41. The molecule has 5 aromatic rings. The Morgan fingerprint density at radius 3 is 2.33 bits per heavy atom. The van der Waals surface area contributed by atoms with E-state index >= 15 is 0 Å².